The van der Waals surface area contributed by atoms with Crippen LogP contribution in [0.4, 0.5) is 5.82 Å². The van der Waals surface area contributed by atoms with Crippen molar-refractivity contribution in [2.45, 2.75) is 32.7 Å². The quantitative estimate of drug-likeness (QED) is 0.848. The maximum absolute atomic E-state index is 12.2. The Kier molecular flexibility index (Phi) is 5.38. The molecule has 25 heavy (non-hydrogen) atoms. The van der Waals surface area contributed by atoms with Gasteiger partial charge in [-0.25, -0.2) is 9.97 Å². The average molecular weight is 338 g/mol. The van der Waals surface area contributed by atoms with Crippen LogP contribution in [0.2, 0.25) is 0 Å². The summed E-state index contributed by atoms with van der Waals surface area (Å²) in [5.41, 5.74) is 1.10. The van der Waals surface area contributed by atoms with Crippen molar-refractivity contribution in [2.24, 2.45) is 0 Å². The lowest BCUT2D eigenvalue weighted by atomic mass is 10.1. The number of hydrogen-bond acceptors (Lipinski definition) is 5. The van der Waals surface area contributed by atoms with Crippen LogP contribution in [0.1, 0.15) is 52.7 Å². The van der Waals surface area contributed by atoms with Gasteiger partial charge in [-0.15, -0.1) is 0 Å². The summed E-state index contributed by atoms with van der Waals surface area (Å²) >= 11 is 0. The van der Waals surface area contributed by atoms with Crippen LogP contribution in [0.25, 0.3) is 0 Å². The Hall–Kier alpha value is -2.76. The van der Waals surface area contributed by atoms with Crippen LogP contribution < -0.4 is 10.2 Å². The third kappa shape index (κ3) is 4.41. The maximum Gasteiger partial charge on any atom is 0.251 e. The second kappa shape index (κ2) is 7.88. The Morgan fingerprint density at radius 3 is 2.40 bits per heavy atom. The smallest absolute Gasteiger partial charge is 0.251 e. The van der Waals surface area contributed by atoms with E-state index in [9.17, 15) is 9.59 Å². The number of amides is 1. The monoisotopic (exact) mass is 338 g/mol. The molecule has 0 spiro atoms. The number of Topliss-reactive ketones (excluding diaryl/α,β-unsaturated/α-hetero) is 1. The van der Waals surface area contributed by atoms with Crippen molar-refractivity contribution in [3.8, 4) is 0 Å². The van der Waals surface area contributed by atoms with E-state index >= 15 is 0 Å². The van der Waals surface area contributed by atoms with E-state index in [0.29, 0.717) is 17.0 Å². The maximum atomic E-state index is 12.2. The summed E-state index contributed by atoms with van der Waals surface area (Å²) in [5, 5.41) is 2.83. The van der Waals surface area contributed by atoms with E-state index < -0.39 is 0 Å². The zero-order valence-electron chi connectivity index (χ0n) is 14.4. The van der Waals surface area contributed by atoms with E-state index in [1.807, 2.05) is 6.07 Å². The largest absolute Gasteiger partial charge is 0.357 e. The third-order valence-electron chi connectivity index (χ3n) is 4.33. The molecule has 0 unspecified atom stereocenters. The fourth-order valence-electron chi connectivity index (χ4n) is 2.89. The molecule has 1 aliphatic heterocycles. The minimum atomic E-state index is -0.206. The van der Waals surface area contributed by atoms with Gasteiger partial charge in [-0.2, -0.15) is 0 Å². The average Bonchev–Trinajstić information content (AvgIpc) is 2.67. The third-order valence-corrected chi connectivity index (χ3v) is 4.33. The van der Waals surface area contributed by atoms with E-state index in [-0.39, 0.29) is 18.2 Å². The summed E-state index contributed by atoms with van der Waals surface area (Å²) in [4.78, 5) is 34.6. The van der Waals surface area contributed by atoms with Gasteiger partial charge < -0.3 is 10.2 Å². The lowest BCUT2D eigenvalue weighted by Crippen LogP contribution is -2.31. The van der Waals surface area contributed by atoms with Crippen molar-refractivity contribution >= 4 is 17.5 Å². The van der Waals surface area contributed by atoms with E-state index in [1.165, 1.54) is 26.2 Å². The van der Waals surface area contributed by atoms with E-state index in [4.69, 9.17) is 0 Å². The number of carbonyl (C=O) groups excluding carboxylic acids is 2. The van der Waals surface area contributed by atoms with Crippen LogP contribution in [0.15, 0.2) is 36.5 Å². The standard InChI is InChI=1S/C19H22N4O2/c1-14(24)15-5-7-16(8-6-15)19(25)21-13-17-20-10-9-18(22-17)23-11-3-2-4-12-23/h5-10H,2-4,11-13H2,1H3,(H,21,25). The number of rotatable bonds is 5. The first-order valence-corrected chi connectivity index (χ1v) is 8.59. The molecular weight excluding hydrogens is 316 g/mol. The van der Waals surface area contributed by atoms with Crippen LogP contribution in [0.5, 0.6) is 0 Å². The van der Waals surface area contributed by atoms with Crippen molar-refractivity contribution in [3.05, 3.63) is 53.5 Å². The molecule has 1 fully saturated rings. The second-order valence-electron chi connectivity index (χ2n) is 6.19. The lowest BCUT2D eigenvalue weighted by Gasteiger charge is -2.27. The molecule has 1 aromatic carbocycles. The number of nitrogens with one attached hydrogen (secondary N) is 1. The Morgan fingerprint density at radius 1 is 1.04 bits per heavy atom. The molecule has 1 aliphatic rings. The molecular formula is C19H22N4O2. The molecule has 0 atom stereocenters. The van der Waals surface area contributed by atoms with Gasteiger partial charge in [0.1, 0.15) is 11.6 Å². The predicted molar refractivity (Wildman–Crippen MR) is 95.7 cm³/mol. The molecule has 2 heterocycles. The summed E-state index contributed by atoms with van der Waals surface area (Å²) in [5.74, 6) is 1.29. The van der Waals surface area contributed by atoms with E-state index in [2.05, 4.69) is 20.2 Å². The number of benzene rings is 1. The molecule has 0 saturated carbocycles. The van der Waals surface area contributed by atoms with Crippen LogP contribution in [0, 0.1) is 0 Å². The number of anilines is 1. The SMILES string of the molecule is CC(=O)c1ccc(C(=O)NCc2nccc(N3CCCCC3)n2)cc1. The number of piperidine rings is 1. The molecule has 3 rings (SSSR count). The van der Waals surface area contributed by atoms with E-state index in [1.54, 1.807) is 30.5 Å². The summed E-state index contributed by atoms with van der Waals surface area (Å²) in [7, 11) is 0. The molecule has 1 aromatic heterocycles. The minimum Gasteiger partial charge on any atom is -0.357 e. The van der Waals surface area contributed by atoms with Gasteiger partial charge in [0.05, 0.1) is 6.54 Å². The zero-order valence-corrected chi connectivity index (χ0v) is 14.4. The highest BCUT2D eigenvalue weighted by Crippen LogP contribution is 2.16. The van der Waals surface area contributed by atoms with Crippen LogP contribution >= 0.6 is 0 Å². The van der Waals surface area contributed by atoms with Gasteiger partial charge in [0, 0.05) is 30.4 Å². The van der Waals surface area contributed by atoms with Gasteiger partial charge in [0.15, 0.2) is 5.78 Å². The number of aromatic nitrogens is 2. The summed E-state index contributed by atoms with van der Waals surface area (Å²) < 4.78 is 0. The Labute approximate surface area is 147 Å². The predicted octanol–water partition coefficient (Wildman–Crippen LogP) is 2.60. The second-order valence-corrected chi connectivity index (χ2v) is 6.19. The van der Waals surface area contributed by atoms with Crippen LogP contribution in [-0.4, -0.2) is 34.7 Å². The molecule has 0 aliphatic carbocycles. The minimum absolute atomic E-state index is 0.0186. The van der Waals surface area contributed by atoms with Crippen molar-refractivity contribution in [2.75, 3.05) is 18.0 Å². The van der Waals surface area contributed by atoms with Gasteiger partial charge >= 0.3 is 0 Å². The lowest BCUT2D eigenvalue weighted by molar-refractivity contribution is 0.0947. The molecule has 130 valence electrons. The number of hydrogen-bond donors (Lipinski definition) is 1. The fourth-order valence-corrected chi connectivity index (χ4v) is 2.89. The number of ketones is 1. The van der Waals surface area contributed by atoms with Crippen LogP contribution in [-0.2, 0) is 6.54 Å². The van der Waals surface area contributed by atoms with Gasteiger partial charge in [0.25, 0.3) is 5.91 Å². The highest BCUT2D eigenvalue weighted by atomic mass is 16.1. The zero-order chi connectivity index (χ0) is 17.6. The first kappa shape index (κ1) is 17.1. The molecule has 0 radical (unpaired) electrons. The molecule has 6 heteroatoms. The first-order chi connectivity index (χ1) is 12.1. The normalized spacial score (nSPS) is 14.2. The van der Waals surface area contributed by atoms with E-state index in [0.717, 1.165) is 18.9 Å². The molecule has 1 N–H and O–H groups in total. The van der Waals surface area contributed by atoms with Gasteiger partial charge in [-0.1, -0.05) is 12.1 Å². The van der Waals surface area contributed by atoms with Crippen molar-refractivity contribution in [1.82, 2.24) is 15.3 Å². The molecule has 2 aromatic rings. The van der Waals surface area contributed by atoms with Crippen molar-refractivity contribution in [1.29, 1.82) is 0 Å². The first-order valence-electron chi connectivity index (χ1n) is 8.59. The molecule has 1 saturated heterocycles. The molecule has 6 nitrogen and oxygen atoms in total. The number of nitrogens with zero attached hydrogens (tertiary/aromatic N) is 3. The van der Waals surface area contributed by atoms with Crippen molar-refractivity contribution in [3.63, 3.8) is 0 Å². The summed E-state index contributed by atoms with van der Waals surface area (Å²) in [6.07, 6.45) is 5.38. The summed E-state index contributed by atoms with van der Waals surface area (Å²) in [6.45, 7) is 3.81. The Balaban J connectivity index is 1.61. The van der Waals surface area contributed by atoms with Gasteiger partial charge in [-0.05, 0) is 44.4 Å². The van der Waals surface area contributed by atoms with Crippen molar-refractivity contribution < 1.29 is 9.59 Å². The molecule has 0 bridgehead atoms. The highest BCUT2D eigenvalue weighted by molar-refractivity contribution is 5.97. The Bertz CT molecular complexity index is 752. The molecule has 1 amide bonds. The highest BCUT2D eigenvalue weighted by Gasteiger charge is 2.13. The topological polar surface area (TPSA) is 75.2 Å². The van der Waals surface area contributed by atoms with Gasteiger partial charge in [0.2, 0.25) is 0 Å². The Morgan fingerprint density at radius 2 is 1.72 bits per heavy atom. The number of carbonyl (C=O) groups is 2. The summed E-state index contributed by atoms with van der Waals surface area (Å²) in [6, 6.07) is 8.53. The van der Waals surface area contributed by atoms with Crippen LogP contribution in [0.3, 0.4) is 0 Å². The fraction of sp³-hybridized carbons (Fsp3) is 0.368. The van der Waals surface area contributed by atoms with Gasteiger partial charge in [-0.3, -0.25) is 9.59 Å².